The van der Waals surface area contributed by atoms with Gasteiger partial charge in [0.25, 0.3) is 11.8 Å². The maximum Gasteiger partial charge on any atom is 0.347 e. The summed E-state index contributed by atoms with van der Waals surface area (Å²) in [6.45, 7) is 5.30. The molecule has 0 unspecified atom stereocenters. The van der Waals surface area contributed by atoms with Crippen molar-refractivity contribution < 1.29 is 33.1 Å². The highest BCUT2D eigenvalue weighted by Gasteiger charge is 2.24. The average Bonchev–Trinajstić information content (AvgIpc) is 3.43. The van der Waals surface area contributed by atoms with Gasteiger partial charge in [-0.25, -0.2) is 18.6 Å². The number of carboxylic acid groups (broad SMARTS) is 1. The van der Waals surface area contributed by atoms with E-state index in [4.69, 9.17) is 4.84 Å². The molecule has 0 saturated heterocycles. The summed E-state index contributed by atoms with van der Waals surface area (Å²) in [5, 5.41) is 12.0. The third-order valence-electron chi connectivity index (χ3n) is 6.35. The van der Waals surface area contributed by atoms with Crippen molar-refractivity contribution in [3.63, 3.8) is 0 Å². The molecule has 1 aromatic heterocycles. The smallest absolute Gasteiger partial charge is 0.347 e. The molecular weight excluding hydrogens is 602 g/mol. The molecule has 1 heterocycles. The standard InChI is InChI=1S/C21H17F2N3O4S.C12H19NO/c1-12-17(20(29)30)31-21(25-12)26(19(28)14-4-8-16(23)9-5-14)11-10-24-18(27)13-2-6-15(22)7-3-13;1-2-3-7-10-14-13-11-12-8-5-4-6-9-12/h2-9H,10-11H2,1H3,(H,24,27)(H,29,30);4-6,8-9,13H,2-3,7,10-11H2,1H3. The lowest BCUT2D eigenvalue weighted by atomic mass is 10.2. The molecule has 0 atom stereocenters. The minimum absolute atomic E-state index is 0.0118. The van der Waals surface area contributed by atoms with Gasteiger partial charge >= 0.3 is 5.97 Å². The summed E-state index contributed by atoms with van der Waals surface area (Å²) in [6, 6.07) is 20.1. The second kappa shape index (κ2) is 18.3. The van der Waals surface area contributed by atoms with Crippen LogP contribution >= 0.6 is 11.3 Å². The number of unbranched alkanes of at least 4 members (excludes halogenated alkanes) is 2. The van der Waals surface area contributed by atoms with E-state index in [0.717, 1.165) is 55.2 Å². The average molecular weight is 639 g/mol. The SMILES string of the molecule is CCCCCONCc1ccccc1.Cc1nc(N(CCNC(=O)c2ccc(F)cc2)C(=O)c2ccc(F)cc2)sc1C(=O)O. The van der Waals surface area contributed by atoms with E-state index in [-0.39, 0.29) is 39.9 Å². The zero-order valence-electron chi connectivity index (χ0n) is 25.1. The Labute approximate surface area is 264 Å². The maximum atomic E-state index is 13.2. The van der Waals surface area contributed by atoms with Gasteiger partial charge in [-0.15, -0.1) is 0 Å². The number of hydrogen-bond acceptors (Lipinski definition) is 7. The van der Waals surface area contributed by atoms with Gasteiger partial charge in [0.05, 0.1) is 12.3 Å². The Morgan fingerprint density at radius 1 is 0.911 bits per heavy atom. The van der Waals surface area contributed by atoms with Crippen LogP contribution < -0.4 is 15.7 Å². The first kappa shape index (κ1) is 35.0. The van der Waals surface area contributed by atoms with E-state index < -0.39 is 29.4 Å². The first-order valence-corrected chi connectivity index (χ1v) is 15.2. The summed E-state index contributed by atoms with van der Waals surface area (Å²) in [7, 11) is 0. The van der Waals surface area contributed by atoms with Crippen molar-refractivity contribution in [3.8, 4) is 0 Å². The fourth-order valence-corrected chi connectivity index (χ4v) is 4.87. The Kier molecular flexibility index (Phi) is 14.2. The van der Waals surface area contributed by atoms with E-state index in [9.17, 15) is 28.3 Å². The van der Waals surface area contributed by atoms with Crippen LogP contribution in [0.5, 0.6) is 0 Å². The minimum atomic E-state index is -1.17. The van der Waals surface area contributed by atoms with E-state index in [1.54, 1.807) is 0 Å². The molecular formula is C33H36F2N4O5S. The highest BCUT2D eigenvalue weighted by Crippen LogP contribution is 2.27. The quantitative estimate of drug-likeness (QED) is 0.108. The molecule has 0 saturated carbocycles. The molecule has 0 aliphatic carbocycles. The number of benzene rings is 3. The van der Waals surface area contributed by atoms with E-state index in [1.165, 1.54) is 54.5 Å². The molecule has 0 aliphatic heterocycles. The number of aromatic carboxylic acids is 1. The number of amides is 2. The predicted octanol–water partition coefficient (Wildman–Crippen LogP) is 6.40. The summed E-state index contributed by atoms with van der Waals surface area (Å²) >= 11 is 0.825. The van der Waals surface area contributed by atoms with E-state index >= 15 is 0 Å². The van der Waals surface area contributed by atoms with Crippen molar-refractivity contribution in [1.82, 2.24) is 15.8 Å². The summed E-state index contributed by atoms with van der Waals surface area (Å²) in [5.74, 6) is -3.13. The van der Waals surface area contributed by atoms with Crippen LogP contribution in [0, 0.1) is 18.6 Å². The van der Waals surface area contributed by atoms with Crippen molar-refractivity contribution >= 4 is 34.3 Å². The van der Waals surface area contributed by atoms with Gasteiger partial charge in [0.15, 0.2) is 5.13 Å². The summed E-state index contributed by atoms with van der Waals surface area (Å²) in [6.07, 6.45) is 3.62. The Balaban J connectivity index is 0.000000330. The largest absolute Gasteiger partial charge is 0.477 e. The van der Waals surface area contributed by atoms with Gasteiger partial charge in [-0.05, 0) is 67.4 Å². The number of hydrogen-bond donors (Lipinski definition) is 3. The van der Waals surface area contributed by atoms with Crippen molar-refractivity contribution in [2.24, 2.45) is 0 Å². The Bertz CT molecular complexity index is 1520. The Hall–Kier alpha value is -4.52. The molecule has 9 nitrogen and oxygen atoms in total. The lowest BCUT2D eigenvalue weighted by Gasteiger charge is -2.20. The molecule has 2 amide bonds. The van der Waals surface area contributed by atoms with Gasteiger partial charge in [0, 0.05) is 30.8 Å². The summed E-state index contributed by atoms with van der Waals surface area (Å²) < 4.78 is 26.2. The lowest BCUT2D eigenvalue weighted by molar-refractivity contribution is 0.0342. The number of aryl methyl sites for hydroxylation is 1. The Morgan fingerprint density at radius 2 is 1.53 bits per heavy atom. The number of nitrogens with one attached hydrogen (secondary N) is 2. The minimum Gasteiger partial charge on any atom is -0.477 e. The number of thiazole rings is 1. The van der Waals surface area contributed by atoms with Gasteiger partial charge in [-0.3, -0.25) is 14.5 Å². The van der Waals surface area contributed by atoms with Crippen LogP contribution in [0.3, 0.4) is 0 Å². The number of halogens is 2. The molecule has 3 aromatic carbocycles. The van der Waals surface area contributed by atoms with Crippen LogP contribution in [-0.2, 0) is 11.4 Å². The predicted molar refractivity (Wildman–Crippen MR) is 169 cm³/mol. The van der Waals surface area contributed by atoms with Crippen molar-refractivity contribution in [2.45, 2.75) is 39.7 Å². The fraction of sp³-hybridized carbons (Fsp3) is 0.273. The Morgan fingerprint density at radius 3 is 2.11 bits per heavy atom. The second-order valence-electron chi connectivity index (χ2n) is 9.80. The van der Waals surface area contributed by atoms with Crippen LogP contribution in [0.25, 0.3) is 0 Å². The number of carboxylic acids is 1. The molecule has 0 spiro atoms. The number of aromatic nitrogens is 1. The van der Waals surface area contributed by atoms with Gasteiger partial charge in [0.2, 0.25) is 0 Å². The number of nitrogens with zero attached hydrogens (tertiary/aromatic N) is 2. The number of anilines is 1. The van der Waals surface area contributed by atoms with E-state index in [2.05, 4.69) is 34.8 Å². The zero-order valence-corrected chi connectivity index (χ0v) is 25.9. The molecule has 3 N–H and O–H groups in total. The lowest BCUT2D eigenvalue weighted by Crippen LogP contribution is -2.38. The maximum absolute atomic E-state index is 13.2. The monoisotopic (exact) mass is 638 g/mol. The molecule has 4 aromatic rings. The van der Waals surface area contributed by atoms with Gasteiger partial charge < -0.3 is 15.3 Å². The van der Waals surface area contributed by atoms with Crippen molar-refractivity contribution in [2.75, 3.05) is 24.6 Å². The van der Waals surface area contributed by atoms with Crippen LogP contribution in [-0.4, -0.2) is 47.6 Å². The van der Waals surface area contributed by atoms with Crippen molar-refractivity contribution in [3.05, 3.63) is 118 Å². The molecule has 238 valence electrons. The number of carbonyl (C=O) groups is 3. The van der Waals surface area contributed by atoms with E-state index in [1.807, 2.05) is 18.2 Å². The molecule has 12 heteroatoms. The molecule has 0 fully saturated rings. The third-order valence-corrected chi connectivity index (χ3v) is 7.51. The highest BCUT2D eigenvalue weighted by atomic mass is 32.1. The normalized spacial score (nSPS) is 10.5. The topological polar surface area (TPSA) is 121 Å². The van der Waals surface area contributed by atoms with E-state index in [0.29, 0.717) is 0 Å². The third kappa shape index (κ3) is 11.5. The number of hydroxylamine groups is 1. The zero-order chi connectivity index (χ0) is 32.6. The molecule has 4 rings (SSSR count). The molecule has 0 bridgehead atoms. The fourth-order valence-electron chi connectivity index (χ4n) is 3.94. The second-order valence-corrected chi connectivity index (χ2v) is 10.8. The molecule has 45 heavy (non-hydrogen) atoms. The van der Waals surface area contributed by atoms with Crippen LogP contribution in [0.15, 0.2) is 78.9 Å². The number of carbonyl (C=O) groups excluding carboxylic acids is 2. The molecule has 0 aliphatic rings. The van der Waals surface area contributed by atoms with Gasteiger partial charge in [0.1, 0.15) is 16.5 Å². The summed E-state index contributed by atoms with van der Waals surface area (Å²) in [4.78, 5) is 47.3. The van der Waals surface area contributed by atoms with Crippen LogP contribution in [0.4, 0.5) is 13.9 Å². The van der Waals surface area contributed by atoms with Gasteiger partial charge in [-0.2, -0.15) is 5.48 Å². The van der Waals surface area contributed by atoms with Crippen LogP contribution in [0.1, 0.15) is 67.8 Å². The van der Waals surface area contributed by atoms with Gasteiger partial charge in [-0.1, -0.05) is 61.4 Å². The number of rotatable bonds is 14. The summed E-state index contributed by atoms with van der Waals surface area (Å²) in [5.41, 5.74) is 4.89. The first-order chi connectivity index (χ1) is 21.7. The first-order valence-electron chi connectivity index (χ1n) is 14.4. The van der Waals surface area contributed by atoms with Crippen LogP contribution in [0.2, 0.25) is 0 Å². The van der Waals surface area contributed by atoms with Crippen molar-refractivity contribution in [1.29, 1.82) is 0 Å². The highest BCUT2D eigenvalue weighted by molar-refractivity contribution is 7.17. The molecule has 0 radical (unpaired) electrons.